The van der Waals surface area contributed by atoms with Gasteiger partial charge in [0.2, 0.25) is 0 Å². The van der Waals surface area contributed by atoms with Gasteiger partial charge >= 0.3 is 6.01 Å². The van der Waals surface area contributed by atoms with E-state index >= 15 is 0 Å². The molecule has 0 radical (unpaired) electrons. The van der Waals surface area contributed by atoms with Crippen molar-refractivity contribution >= 4 is 0 Å². The highest BCUT2D eigenvalue weighted by atomic mass is 19.1. The Kier molecular flexibility index (Phi) is 5.59. The first-order valence-corrected chi connectivity index (χ1v) is 6.63. The molecule has 0 aliphatic rings. The van der Waals surface area contributed by atoms with E-state index in [0.29, 0.717) is 24.5 Å². The predicted octanol–water partition coefficient (Wildman–Crippen LogP) is 2.45. The van der Waals surface area contributed by atoms with Crippen LogP contribution >= 0.6 is 0 Å². The minimum atomic E-state index is -0.313. The van der Waals surface area contributed by atoms with Gasteiger partial charge in [0.05, 0.1) is 6.61 Å². The highest BCUT2D eigenvalue weighted by Crippen LogP contribution is 2.20. The van der Waals surface area contributed by atoms with Gasteiger partial charge in [-0.1, -0.05) is 6.07 Å². The summed E-state index contributed by atoms with van der Waals surface area (Å²) in [6.07, 6.45) is 3.35. The van der Waals surface area contributed by atoms with Crippen LogP contribution in [0.1, 0.15) is 11.1 Å². The first kappa shape index (κ1) is 15.3. The van der Waals surface area contributed by atoms with E-state index < -0.39 is 0 Å². The first-order valence-electron chi connectivity index (χ1n) is 6.63. The Morgan fingerprint density at radius 3 is 2.67 bits per heavy atom. The molecule has 1 aromatic carbocycles. The second kappa shape index (κ2) is 7.66. The fourth-order valence-corrected chi connectivity index (χ4v) is 1.64. The van der Waals surface area contributed by atoms with Crippen LogP contribution in [0, 0.1) is 12.7 Å². The van der Waals surface area contributed by atoms with E-state index in [0.717, 1.165) is 12.1 Å². The van der Waals surface area contributed by atoms with Gasteiger partial charge in [0, 0.05) is 44.2 Å². The smallest absolute Gasteiger partial charge is 0.321 e. The summed E-state index contributed by atoms with van der Waals surface area (Å²) in [6, 6.07) is 4.85. The van der Waals surface area contributed by atoms with Gasteiger partial charge < -0.3 is 14.8 Å². The Bertz CT molecular complexity index is 576. The number of aromatic nitrogens is 2. The standard InChI is InChI=1S/C15H18FN3O2/c1-11-3-4-13(7-14(11)16)21-15-18-9-12(10-19-15)8-17-5-6-20-2/h3-4,7,9-10,17H,5-6,8H2,1-2H3. The molecule has 112 valence electrons. The average molecular weight is 291 g/mol. The van der Waals surface area contributed by atoms with Crippen LogP contribution in [0.15, 0.2) is 30.6 Å². The molecule has 1 heterocycles. The topological polar surface area (TPSA) is 56.3 Å². The maximum atomic E-state index is 13.4. The monoisotopic (exact) mass is 291 g/mol. The minimum absolute atomic E-state index is 0.193. The molecule has 1 N–H and O–H groups in total. The molecule has 6 heteroatoms. The fourth-order valence-electron chi connectivity index (χ4n) is 1.64. The molecule has 1 aromatic heterocycles. The molecule has 21 heavy (non-hydrogen) atoms. The molecule has 2 aromatic rings. The molecule has 0 saturated heterocycles. The van der Waals surface area contributed by atoms with Crippen molar-refractivity contribution in [1.29, 1.82) is 0 Å². The van der Waals surface area contributed by atoms with Crippen LogP contribution in [-0.4, -0.2) is 30.2 Å². The third kappa shape index (κ3) is 4.77. The maximum absolute atomic E-state index is 13.4. The Balaban J connectivity index is 1.91. The number of methoxy groups -OCH3 is 1. The van der Waals surface area contributed by atoms with Crippen molar-refractivity contribution in [3.63, 3.8) is 0 Å². The summed E-state index contributed by atoms with van der Waals surface area (Å²) in [7, 11) is 1.66. The third-order valence-corrected chi connectivity index (χ3v) is 2.85. The van der Waals surface area contributed by atoms with Crippen molar-refractivity contribution < 1.29 is 13.9 Å². The van der Waals surface area contributed by atoms with E-state index in [1.54, 1.807) is 38.6 Å². The number of nitrogens with one attached hydrogen (secondary N) is 1. The van der Waals surface area contributed by atoms with Crippen LogP contribution in [0.2, 0.25) is 0 Å². The number of ether oxygens (including phenoxy) is 2. The van der Waals surface area contributed by atoms with Gasteiger partial charge in [-0.25, -0.2) is 14.4 Å². The van der Waals surface area contributed by atoms with Crippen LogP contribution in [0.3, 0.4) is 0 Å². The van der Waals surface area contributed by atoms with E-state index in [4.69, 9.17) is 9.47 Å². The van der Waals surface area contributed by atoms with Crippen LogP contribution in [0.5, 0.6) is 11.8 Å². The molecule has 0 bridgehead atoms. The summed E-state index contributed by atoms with van der Waals surface area (Å²) < 4.78 is 23.8. The molecule has 0 aliphatic carbocycles. The van der Waals surface area contributed by atoms with Crippen molar-refractivity contribution in [3.05, 3.63) is 47.5 Å². The van der Waals surface area contributed by atoms with Gasteiger partial charge in [0.15, 0.2) is 0 Å². The Hall–Kier alpha value is -2.05. The quantitative estimate of drug-likeness (QED) is 0.794. The average Bonchev–Trinajstić information content (AvgIpc) is 2.49. The number of aryl methyl sites for hydroxylation is 1. The highest BCUT2D eigenvalue weighted by molar-refractivity contribution is 5.29. The Morgan fingerprint density at radius 1 is 1.24 bits per heavy atom. The van der Waals surface area contributed by atoms with Crippen LogP contribution in [0.25, 0.3) is 0 Å². The molecule has 0 saturated carbocycles. The molecule has 5 nitrogen and oxygen atoms in total. The number of halogens is 1. The van der Waals surface area contributed by atoms with Gasteiger partial charge in [0.25, 0.3) is 0 Å². The summed E-state index contributed by atoms with van der Waals surface area (Å²) in [4.78, 5) is 8.20. The fraction of sp³-hybridized carbons (Fsp3) is 0.333. The Morgan fingerprint density at radius 2 is 2.00 bits per heavy atom. The van der Waals surface area contributed by atoms with Gasteiger partial charge in [-0.3, -0.25) is 0 Å². The second-order valence-electron chi connectivity index (χ2n) is 4.56. The summed E-state index contributed by atoms with van der Waals surface area (Å²) in [5.41, 5.74) is 1.51. The second-order valence-corrected chi connectivity index (χ2v) is 4.56. The van der Waals surface area contributed by atoms with Gasteiger partial charge in [0.1, 0.15) is 11.6 Å². The SMILES string of the molecule is COCCNCc1cnc(Oc2ccc(C)c(F)c2)nc1. The lowest BCUT2D eigenvalue weighted by molar-refractivity contribution is 0.199. The molecule has 0 fully saturated rings. The summed E-state index contributed by atoms with van der Waals surface area (Å²) >= 11 is 0. The van der Waals surface area contributed by atoms with Gasteiger partial charge in [-0.2, -0.15) is 0 Å². The van der Waals surface area contributed by atoms with Crippen LogP contribution < -0.4 is 10.1 Å². The zero-order valence-corrected chi connectivity index (χ0v) is 12.1. The highest BCUT2D eigenvalue weighted by Gasteiger charge is 2.04. The first-order chi connectivity index (χ1) is 10.2. The summed E-state index contributed by atoms with van der Waals surface area (Å²) in [5, 5.41) is 3.19. The molecule has 0 spiro atoms. The van der Waals surface area contributed by atoms with E-state index in [1.165, 1.54) is 6.07 Å². The lowest BCUT2D eigenvalue weighted by Crippen LogP contribution is -2.18. The number of nitrogens with zero attached hydrogens (tertiary/aromatic N) is 2. The molecule has 0 atom stereocenters. The molecular weight excluding hydrogens is 273 g/mol. The van der Waals surface area contributed by atoms with E-state index in [2.05, 4.69) is 15.3 Å². The number of hydrogen-bond acceptors (Lipinski definition) is 5. The van der Waals surface area contributed by atoms with Crippen molar-refractivity contribution in [2.45, 2.75) is 13.5 Å². The zero-order chi connectivity index (χ0) is 15.1. The van der Waals surface area contributed by atoms with Crippen molar-refractivity contribution in [1.82, 2.24) is 15.3 Å². The lowest BCUT2D eigenvalue weighted by Gasteiger charge is -2.06. The number of rotatable bonds is 7. The van der Waals surface area contributed by atoms with Crippen molar-refractivity contribution in [3.8, 4) is 11.8 Å². The van der Waals surface area contributed by atoms with E-state index in [9.17, 15) is 4.39 Å². The molecule has 0 aliphatic heterocycles. The minimum Gasteiger partial charge on any atom is -0.424 e. The predicted molar refractivity (Wildman–Crippen MR) is 76.8 cm³/mol. The molecular formula is C15H18FN3O2. The molecule has 0 unspecified atom stereocenters. The molecule has 0 amide bonds. The van der Waals surface area contributed by atoms with E-state index in [-0.39, 0.29) is 11.8 Å². The van der Waals surface area contributed by atoms with Crippen LogP contribution in [-0.2, 0) is 11.3 Å². The summed E-state index contributed by atoms with van der Waals surface area (Å²) in [6.45, 7) is 3.77. The van der Waals surface area contributed by atoms with Gasteiger partial charge in [-0.05, 0) is 18.6 Å². The Labute approximate surface area is 123 Å². The van der Waals surface area contributed by atoms with Crippen LogP contribution in [0.4, 0.5) is 4.39 Å². The summed E-state index contributed by atoms with van der Waals surface area (Å²) in [5.74, 6) is 0.0653. The normalized spacial score (nSPS) is 10.6. The number of benzene rings is 1. The number of hydrogen-bond donors (Lipinski definition) is 1. The zero-order valence-electron chi connectivity index (χ0n) is 12.1. The lowest BCUT2D eigenvalue weighted by atomic mass is 10.2. The maximum Gasteiger partial charge on any atom is 0.321 e. The van der Waals surface area contributed by atoms with Crippen molar-refractivity contribution in [2.75, 3.05) is 20.3 Å². The van der Waals surface area contributed by atoms with Gasteiger partial charge in [-0.15, -0.1) is 0 Å². The third-order valence-electron chi connectivity index (χ3n) is 2.85. The molecule has 2 rings (SSSR count). The van der Waals surface area contributed by atoms with E-state index in [1.807, 2.05) is 0 Å². The largest absolute Gasteiger partial charge is 0.424 e. The van der Waals surface area contributed by atoms with Crippen molar-refractivity contribution in [2.24, 2.45) is 0 Å².